The summed E-state index contributed by atoms with van der Waals surface area (Å²) in [4.78, 5) is 23.4. The van der Waals surface area contributed by atoms with Gasteiger partial charge in [-0.25, -0.2) is 0 Å². The van der Waals surface area contributed by atoms with Gasteiger partial charge in [-0.1, -0.05) is 53.0 Å². The standard InChI is InChI=1S/C17H20N6OS2.C4H9NO/c1-18-16-22-20-14(25-16)9-5-6-10-15-21-23-17(26-15)19-13(24)11-12-7-3-2-4-8-12;1-5(2)3-4-6/h2-4,7-8H,5-6,9-11H2,1H3,(H,18,22)(H,19,23,24);4H,3H2,1-2H3. The van der Waals surface area contributed by atoms with Crippen molar-refractivity contribution in [1.29, 1.82) is 0 Å². The van der Waals surface area contributed by atoms with Gasteiger partial charge in [-0.15, -0.1) is 20.4 Å². The third-order valence-electron chi connectivity index (χ3n) is 4.07. The van der Waals surface area contributed by atoms with E-state index in [4.69, 9.17) is 0 Å². The molecule has 0 atom stereocenters. The zero-order chi connectivity index (χ0) is 23.2. The van der Waals surface area contributed by atoms with E-state index in [9.17, 15) is 9.59 Å². The highest BCUT2D eigenvalue weighted by Crippen LogP contribution is 2.20. The lowest BCUT2D eigenvalue weighted by molar-refractivity contribution is -0.115. The van der Waals surface area contributed by atoms with E-state index >= 15 is 0 Å². The van der Waals surface area contributed by atoms with Crippen LogP contribution in [0.4, 0.5) is 10.3 Å². The molecule has 9 nitrogen and oxygen atoms in total. The Morgan fingerprint density at radius 3 is 2.06 bits per heavy atom. The largest absolute Gasteiger partial charge is 0.363 e. The molecule has 32 heavy (non-hydrogen) atoms. The molecule has 0 aliphatic carbocycles. The average molecular weight is 476 g/mol. The molecule has 0 radical (unpaired) electrons. The first kappa shape index (κ1) is 25.5. The SMILES string of the molecule is CN(C)CC=O.CNc1nnc(CCCCc2nnc(NC(=O)Cc3ccccc3)s2)s1. The van der Waals surface area contributed by atoms with Crippen LogP contribution in [0.2, 0.25) is 0 Å². The molecule has 0 saturated heterocycles. The fourth-order valence-electron chi connectivity index (χ4n) is 2.51. The van der Waals surface area contributed by atoms with Crippen LogP contribution in [-0.4, -0.2) is 65.2 Å². The van der Waals surface area contributed by atoms with Gasteiger partial charge in [0.05, 0.1) is 13.0 Å². The molecule has 0 fully saturated rings. The summed E-state index contributed by atoms with van der Waals surface area (Å²) in [5.74, 6) is -0.0736. The summed E-state index contributed by atoms with van der Waals surface area (Å²) in [5.41, 5.74) is 0.979. The number of anilines is 2. The number of amides is 1. The maximum Gasteiger partial charge on any atom is 0.230 e. The van der Waals surface area contributed by atoms with E-state index < -0.39 is 0 Å². The van der Waals surface area contributed by atoms with Crippen molar-refractivity contribution < 1.29 is 9.59 Å². The van der Waals surface area contributed by atoms with Crippen molar-refractivity contribution in [2.45, 2.75) is 32.1 Å². The molecule has 0 saturated carbocycles. The van der Waals surface area contributed by atoms with Crippen LogP contribution in [0, 0.1) is 0 Å². The number of carbonyl (C=O) groups excluding carboxylic acids is 2. The van der Waals surface area contributed by atoms with E-state index in [0.29, 0.717) is 18.1 Å². The van der Waals surface area contributed by atoms with Crippen molar-refractivity contribution in [2.24, 2.45) is 0 Å². The van der Waals surface area contributed by atoms with Crippen molar-refractivity contribution in [3.05, 3.63) is 45.9 Å². The molecule has 0 aliphatic heterocycles. The fraction of sp³-hybridized carbons (Fsp3) is 0.429. The Kier molecular flexibility index (Phi) is 11.4. The van der Waals surface area contributed by atoms with Gasteiger partial charge in [0.15, 0.2) is 0 Å². The quantitative estimate of drug-likeness (QED) is 0.321. The van der Waals surface area contributed by atoms with Gasteiger partial charge >= 0.3 is 0 Å². The Labute approximate surface area is 196 Å². The molecule has 1 aromatic carbocycles. The smallest absolute Gasteiger partial charge is 0.230 e. The summed E-state index contributed by atoms with van der Waals surface area (Å²) in [6.45, 7) is 0.528. The number of likely N-dealkylation sites (N-methyl/N-ethyl adjacent to an activating group) is 1. The van der Waals surface area contributed by atoms with Crippen LogP contribution in [0.1, 0.15) is 28.4 Å². The van der Waals surface area contributed by atoms with Crippen LogP contribution in [-0.2, 0) is 28.9 Å². The molecule has 2 heterocycles. The molecule has 2 N–H and O–H groups in total. The number of hydrogen-bond donors (Lipinski definition) is 2. The second kappa shape index (κ2) is 14.3. The predicted molar refractivity (Wildman–Crippen MR) is 129 cm³/mol. The highest BCUT2D eigenvalue weighted by molar-refractivity contribution is 7.15. The number of benzene rings is 1. The molecule has 3 rings (SSSR count). The van der Waals surface area contributed by atoms with E-state index in [1.165, 1.54) is 11.3 Å². The zero-order valence-corrected chi connectivity index (χ0v) is 20.2. The number of aromatic nitrogens is 4. The lowest BCUT2D eigenvalue weighted by Crippen LogP contribution is -2.14. The Hall–Kier alpha value is -2.76. The van der Waals surface area contributed by atoms with E-state index in [0.717, 1.165) is 52.7 Å². The minimum Gasteiger partial charge on any atom is -0.363 e. The van der Waals surface area contributed by atoms with Crippen LogP contribution in [0.5, 0.6) is 0 Å². The number of aryl methyl sites for hydroxylation is 2. The second-order valence-corrected chi connectivity index (χ2v) is 9.22. The van der Waals surface area contributed by atoms with Crippen molar-refractivity contribution in [3.63, 3.8) is 0 Å². The molecular formula is C21H29N7O2S2. The van der Waals surface area contributed by atoms with Gasteiger partial charge < -0.3 is 20.3 Å². The number of aldehydes is 1. The van der Waals surface area contributed by atoms with Gasteiger partial charge in [-0.05, 0) is 32.5 Å². The Balaban J connectivity index is 0.000000534. The third-order valence-corrected chi connectivity index (χ3v) is 5.97. The van der Waals surface area contributed by atoms with E-state index in [1.54, 1.807) is 11.3 Å². The van der Waals surface area contributed by atoms with Crippen LogP contribution in [0.3, 0.4) is 0 Å². The maximum atomic E-state index is 12.0. The summed E-state index contributed by atoms with van der Waals surface area (Å²) in [5, 5.41) is 25.6. The second-order valence-electron chi connectivity index (χ2n) is 7.10. The minimum atomic E-state index is -0.0736. The predicted octanol–water partition coefficient (Wildman–Crippen LogP) is 2.92. The zero-order valence-electron chi connectivity index (χ0n) is 18.6. The number of nitrogens with zero attached hydrogens (tertiary/aromatic N) is 5. The number of rotatable bonds is 11. The topological polar surface area (TPSA) is 113 Å². The lowest BCUT2D eigenvalue weighted by Gasteiger charge is -2.00. The summed E-state index contributed by atoms with van der Waals surface area (Å²) in [7, 11) is 5.55. The maximum absolute atomic E-state index is 12.0. The number of unbranched alkanes of at least 4 members (excludes halogenated alkanes) is 1. The summed E-state index contributed by atoms with van der Waals surface area (Å²) in [6.07, 6.45) is 5.00. The first-order valence-electron chi connectivity index (χ1n) is 10.2. The first-order valence-corrected chi connectivity index (χ1v) is 11.9. The van der Waals surface area contributed by atoms with E-state index in [2.05, 4.69) is 31.0 Å². The van der Waals surface area contributed by atoms with Crippen LogP contribution >= 0.6 is 22.7 Å². The molecule has 2 aromatic heterocycles. The number of carbonyl (C=O) groups is 2. The molecule has 0 spiro atoms. The molecule has 172 valence electrons. The fourth-order valence-corrected chi connectivity index (χ4v) is 4.04. The number of nitrogens with one attached hydrogen (secondary N) is 2. The summed E-state index contributed by atoms with van der Waals surface area (Å²) in [6, 6.07) is 9.65. The highest BCUT2D eigenvalue weighted by Gasteiger charge is 2.09. The van der Waals surface area contributed by atoms with Crippen molar-refractivity contribution in [2.75, 3.05) is 38.3 Å². The first-order chi connectivity index (χ1) is 15.5. The van der Waals surface area contributed by atoms with E-state index in [-0.39, 0.29) is 5.91 Å². The lowest BCUT2D eigenvalue weighted by atomic mass is 10.1. The minimum absolute atomic E-state index is 0.0736. The Bertz CT molecular complexity index is 945. The van der Waals surface area contributed by atoms with E-state index in [1.807, 2.05) is 56.4 Å². The van der Waals surface area contributed by atoms with Crippen molar-refractivity contribution in [3.8, 4) is 0 Å². The molecule has 0 aliphatic rings. The average Bonchev–Trinajstić information content (AvgIpc) is 3.41. The normalized spacial score (nSPS) is 10.4. The van der Waals surface area contributed by atoms with Gasteiger partial charge in [0.2, 0.25) is 16.2 Å². The van der Waals surface area contributed by atoms with Gasteiger partial charge in [0.1, 0.15) is 16.3 Å². The molecule has 11 heteroatoms. The monoisotopic (exact) mass is 475 g/mol. The van der Waals surface area contributed by atoms with Crippen molar-refractivity contribution in [1.82, 2.24) is 25.3 Å². The summed E-state index contributed by atoms with van der Waals surface area (Å²) < 4.78 is 0. The van der Waals surface area contributed by atoms with Gasteiger partial charge in [-0.2, -0.15) is 0 Å². The highest BCUT2D eigenvalue weighted by atomic mass is 32.1. The van der Waals surface area contributed by atoms with Crippen LogP contribution in [0.15, 0.2) is 30.3 Å². The molecule has 0 unspecified atom stereocenters. The molecule has 0 bridgehead atoms. The summed E-state index contributed by atoms with van der Waals surface area (Å²) >= 11 is 3.02. The van der Waals surface area contributed by atoms with Crippen LogP contribution < -0.4 is 10.6 Å². The molecule has 1 amide bonds. The van der Waals surface area contributed by atoms with Gasteiger partial charge in [0.25, 0.3) is 0 Å². The third kappa shape index (κ3) is 10.0. The van der Waals surface area contributed by atoms with Crippen molar-refractivity contribution >= 4 is 45.1 Å². The Morgan fingerprint density at radius 2 is 1.56 bits per heavy atom. The molecular weight excluding hydrogens is 446 g/mol. The number of hydrogen-bond acceptors (Lipinski definition) is 10. The van der Waals surface area contributed by atoms with Gasteiger partial charge in [0, 0.05) is 19.9 Å². The van der Waals surface area contributed by atoms with Crippen LogP contribution in [0.25, 0.3) is 0 Å². The van der Waals surface area contributed by atoms with Gasteiger partial charge in [-0.3, -0.25) is 4.79 Å². The molecule has 3 aromatic rings. The Morgan fingerprint density at radius 1 is 0.969 bits per heavy atom.